The fraction of sp³-hybridized carbons (Fsp3) is 0.625. The monoisotopic (exact) mass is 293 g/mol. The van der Waals surface area contributed by atoms with Gasteiger partial charge in [-0.2, -0.15) is 0 Å². The third-order valence-electron chi connectivity index (χ3n) is 4.73. The molecule has 3 nitrogen and oxygen atoms in total. The van der Waals surface area contributed by atoms with Crippen LogP contribution in [-0.4, -0.2) is 50.7 Å². The molecule has 0 saturated carbocycles. The number of rotatable bonds is 4. The van der Waals surface area contributed by atoms with Crippen molar-refractivity contribution in [1.82, 2.24) is 10.2 Å². The standard InChI is InChI=1S/C16H24ClN3/c1-13(14-10-18-11-14)12-19-6-8-20(9-7-19)16-5-3-2-4-15(16)17/h2-5,13-14,18H,6-12H2,1H3. The highest BCUT2D eigenvalue weighted by molar-refractivity contribution is 6.33. The average Bonchev–Trinajstić information content (AvgIpc) is 2.38. The van der Waals surface area contributed by atoms with E-state index in [2.05, 4.69) is 34.2 Å². The summed E-state index contributed by atoms with van der Waals surface area (Å²) < 4.78 is 0. The lowest BCUT2D eigenvalue weighted by atomic mass is 9.88. The highest BCUT2D eigenvalue weighted by Gasteiger charge is 2.26. The van der Waals surface area contributed by atoms with Gasteiger partial charge in [0.25, 0.3) is 0 Å². The second kappa shape index (κ2) is 6.33. The number of benzene rings is 1. The maximum atomic E-state index is 6.28. The lowest BCUT2D eigenvalue weighted by Gasteiger charge is -2.40. The molecule has 2 aliphatic rings. The van der Waals surface area contributed by atoms with Crippen molar-refractivity contribution in [3.8, 4) is 0 Å². The summed E-state index contributed by atoms with van der Waals surface area (Å²) in [5.74, 6) is 1.69. The van der Waals surface area contributed by atoms with Crippen LogP contribution in [0.5, 0.6) is 0 Å². The van der Waals surface area contributed by atoms with E-state index in [1.54, 1.807) is 0 Å². The zero-order valence-corrected chi connectivity index (χ0v) is 12.9. The number of nitrogens with zero attached hydrogens (tertiary/aromatic N) is 2. The van der Waals surface area contributed by atoms with Gasteiger partial charge in [0.2, 0.25) is 0 Å². The van der Waals surface area contributed by atoms with Crippen LogP contribution in [0.3, 0.4) is 0 Å². The average molecular weight is 294 g/mol. The summed E-state index contributed by atoms with van der Waals surface area (Å²) >= 11 is 6.28. The molecule has 1 aromatic rings. The number of nitrogens with one attached hydrogen (secondary N) is 1. The maximum absolute atomic E-state index is 6.28. The van der Waals surface area contributed by atoms with Crippen LogP contribution < -0.4 is 10.2 Å². The molecule has 2 aliphatic heterocycles. The predicted molar refractivity (Wildman–Crippen MR) is 85.6 cm³/mol. The van der Waals surface area contributed by atoms with Gasteiger partial charge in [-0.05, 0) is 37.1 Å². The van der Waals surface area contributed by atoms with Crippen molar-refractivity contribution in [2.45, 2.75) is 6.92 Å². The van der Waals surface area contributed by atoms with E-state index in [0.29, 0.717) is 0 Å². The first-order valence-electron chi connectivity index (χ1n) is 7.66. The van der Waals surface area contributed by atoms with E-state index < -0.39 is 0 Å². The molecular weight excluding hydrogens is 270 g/mol. The molecule has 0 aromatic heterocycles. The van der Waals surface area contributed by atoms with Crippen LogP contribution in [0.2, 0.25) is 5.02 Å². The summed E-state index contributed by atoms with van der Waals surface area (Å²) in [6.07, 6.45) is 0. The largest absolute Gasteiger partial charge is 0.368 e. The van der Waals surface area contributed by atoms with Crippen LogP contribution in [0.25, 0.3) is 0 Å². The second-order valence-electron chi connectivity index (χ2n) is 6.13. The summed E-state index contributed by atoms with van der Waals surface area (Å²) in [4.78, 5) is 5.02. The van der Waals surface area contributed by atoms with Crippen LogP contribution in [0.4, 0.5) is 5.69 Å². The van der Waals surface area contributed by atoms with Gasteiger partial charge in [-0.3, -0.25) is 4.90 Å². The topological polar surface area (TPSA) is 18.5 Å². The molecule has 2 fully saturated rings. The van der Waals surface area contributed by atoms with E-state index >= 15 is 0 Å². The Kier molecular flexibility index (Phi) is 4.49. The third kappa shape index (κ3) is 3.11. The number of piperazine rings is 1. The van der Waals surface area contributed by atoms with Gasteiger partial charge in [0.1, 0.15) is 0 Å². The van der Waals surface area contributed by atoms with Gasteiger partial charge in [0, 0.05) is 32.7 Å². The normalized spacial score (nSPS) is 22.6. The quantitative estimate of drug-likeness (QED) is 0.919. The first-order valence-corrected chi connectivity index (χ1v) is 8.04. The van der Waals surface area contributed by atoms with Crippen LogP contribution in [0.15, 0.2) is 24.3 Å². The Balaban J connectivity index is 1.50. The molecule has 2 heterocycles. The van der Waals surface area contributed by atoms with Crippen molar-refractivity contribution in [2.75, 3.05) is 50.7 Å². The van der Waals surface area contributed by atoms with Gasteiger partial charge < -0.3 is 10.2 Å². The number of anilines is 1. The third-order valence-corrected chi connectivity index (χ3v) is 5.05. The Morgan fingerprint density at radius 3 is 2.50 bits per heavy atom. The van der Waals surface area contributed by atoms with Gasteiger partial charge in [0.05, 0.1) is 10.7 Å². The van der Waals surface area contributed by atoms with E-state index in [1.165, 1.54) is 25.3 Å². The Bertz CT molecular complexity index is 439. The van der Waals surface area contributed by atoms with E-state index in [4.69, 9.17) is 11.6 Å². The van der Waals surface area contributed by atoms with Crippen LogP contribution in [0.1, 0.15) is 6.92 Å². The Labute approximate surface area is 126 Å². The minimum atomic E-state index is 0.808. The van der Waals surface area contributed by atoms with E-state index in [-0.39, 0.29) is 0 Å². The van der Waals surface area contributed by atoms with Gasteiger partial charge in [-0.15, -0.1) is 0 Å². The van der Waals surface area contributed by atoms with Gasteiger partial charge in [-0.25, -0.2) is 0 Å². The number of halogens is 1. The van der Waals surface area contributed by atoms with Crippen molar-refractivity contribution in [3.63, 3.8) is 0 Å². The molecule has 0 bridgehead atoms. The van der Waals surface area contributed by atoms with Crippen LogP contribution in [-0.2, 0) is 0 Å². The smallest absolute Gasteiger partial charge is 0.0639 e. The molecule has 0 aliphatic carbocycles. The number of hydrogen-bond acceptors (Lipinski definition) is 3. The zero-order chi connectivity index (χ0) is 13.9. The highest BCUT2D eigenvalue weighted by atomic mass is 35.5. The molecule has 3 rings (SSSR count). The minimum absolute atomic E-state index is 0.808. The molecule has 1 atom stereocenters. The van der Waals surface area contributed by atoms with Crippen molar-refractivity contribution in [1.29, 1.82) is 0 Å². The molecule has 0 radical (unpaired) electrons. The maximum Gasteiger partial charge on any atom is 0.0639 e. The molecule has 1 aromatic carbocycles. The van der Waals surface area contributed by atoms with E-state index in [0.717, 1.165) is 43.0 Å². The van der Waals surface area contributed by atoms with Crippen LogP contribution >= 0.6 is 11.6 Å². The Morgan fingerprint density at radius 1 is 1.20 bits per heavy atom. The summed E-state index contributed by atoms with van der Waals surface area (Å²) in [7, 11) is 0. The van der Waals surface area contributed by atoms with Crippen molar-refractivity contribution in [2.24, 2.45) is 11.8 Å². The highest BCUT2D eigenvalue weighted by Crippen LogP contribution is 2.26. The number of para-hydroxylation sites is 1. The molecule has 4 heteroatoms. The molecular formula is C16H24ClN3. The van der Waals surface area contributed by atoms with Crippen molar-refractivity contribution < 1.29 is 0 Å². The predicted octanol–water partition coefficient (Wildman–Crippen LogP) is 2.32. The Hall–Kier alpha value is -0.770. The summed E-state index contributed by atoms with van der Waals surface area (Å²) in [5.41, 5.74) is 1.19. The Morgan fingerprint density at radius 2 is 1.90 bits per heavy atom. The zero-order valence-electron chi connectivity index (χ0n) is 12.2. The SMILES string of the molecule is CC(CN1CCN(c2ccccc2Cl)CC1)C1CNC1. The minimum Gasteiger partial charge on any atom is -0.368 e. The van der Waals surface area contributed by atoms with Gasteiger partial charge >= 0.3 is 0 Å². The van der Waals surface area contributed by atoms with Crippen molar-refractivity contribution >= 4 is 17.3 Å². The molecule has 110 valence electrons. The van der Waals surface area contributed by atoms with Gasteiger partial charge in [0.15, 0.2) is 0 Å². The molecule has 1 N–H and O–H groups in total. The van der Waals surface area contributed by atoms with E-state index in [9.17, 15) is 0 Å². The lowest BCUT2D eigenvalue weighted by molar-refractivity contribution is 0.160. The van der Waals surface area contributed by atoms with Crippen molar-refractivity contribution in [3.05, 3.63) is 29.3 Å². The molecule has 0 amide bonds. The summed E-state index contributed by atoms with van der Waals surface area (Å²) in [5, 5.41) is 4.24. The second-order valence-corrected chi connectivity index (χ2v) is 6.54. The summed E-state index contributed by atoms with van der Waals surface area (Å²) in [6, 6.07) is 8.17. The first kappa shape index (κ1) is 14.2. The fourth-order valence-corrected chi connectivity index (χ4v) is 3.40. The van der Waals surface area contributed by atoms with Gasteiger partial charge in [-0.1, -0.05) is 30.7 Å². The van der Waals surface area contributed by atoms with E-state index in [1.807, 2.05) is 12.1 Å². The first-order chi connectivity index (χ1) is 9.74. The van der Waals surface area contributed by atoms with Crippen LogP contribution in [0, 0.1) is 11.8 Å². The molecule has 20 heavy (non-hydrogen) atoms. The lowest BCUT2D eigenvalue weighted by Crippen LogP contribution is -2.52. The molecule has 2 saturated heterocycles. The molecule has 1 unspecified atom stereocenters. The number of hydrogen-bond donors (Lipinski definition) is 1. The summed E-state index contributed by atoms with van der Waals surface area (Å²) in [6.45, 7) is 10.5. The fourth-order valence-electron chi connectivity index (χ4n) is 3.15. The molecule has 0 spiro atoms.